The van der Waals surface area contributed by atoms with Crippen LogP contribution in [-0.2, 0) is 17.6 Å². The van der Waals surface area contributed by atoms with Gasteiger partial charge in [-0.3, -0.25) is 9.79 Å². The normalized spacial score (nSPS) is 11.6. The largest absolute Gasteiger partial charge is 0.370 e. The third-order valence-electron chi connectivity index (χ3n) is 5.94. The van der Waals surface area contributed by atoms with Crippen LogP contribution in [0, 0.1) is 0 Å². The van der Waals surface area contributed by atoms with Crippen molar-refractivity contribution < 1.29 is 4.79 Å². The maximum Gasteiger partial charge on any atom is 0.222 e. The quantitative estimate of drug-likeness (QED) is 0.194. The number of aromatic amines is 1. The van der Waals surface area contributed by atoms with Gasteiger partial charge in [0, 0.05) is 50.3 Å². The Morgan fingerprint density at radius 2 is 1.74 bits per heavy atom. The molecule has 3 rings (SSSR count). The number of carbonyl (C=O) groups is 1. The zero-order chi connectivity index (χ0) is 24.0. The number of nitrogens with one attached hydrogen (secondary N) is 1. The number of unbranched alkanes of at least 4 members (excludes halogenated alkanes) is 2. The van der Waals surface area contributed by atoms with Gasteiger partial charge in [-0.2, -0.15) is 0 Å². The molecular weight excluding hydrogens is 424 g/mol. The van der Waals surface area contributed by atoms with Crippen LogP contribution in [0.1, 0.15) is 48.4 Å². The van der Waals surface area contributed by atoms with Crippen molar-refractivity contribution >= 4 is 11.9 Å². The molecule has 1 amide bonds. The number of carbonyl (C=O) groups excluding carboxylic acids is 1. The standard InChI is InChI=1S/C27H36N6O/c28-27(29)31-16-9-3-8-14-26(34)33(17-15-25-19-30-21-32-25)20-24(23-12-6-2-7-13-23)18-22-10-4-1-5-11-22/h1-2,4-7,10-13,19,21,24H,3,8-9,14-18,20H2,(H,30,32)(H4,28,29,31). The van der Waals surface area contributed by atoms with Crippen molar-refractivity contribution in [2.75, 3.05) is 19.6 Å². The zero-order valence-corrected chi connectivity index (χ0v) is 19.8. The Balaban J connectivity index is 1.67. The summed E-state index contributed by atoms with van der Waals surface area (Å²) < 4.78 is 0. The highest BCUT2D eigenvalue weighted by molar-refractivity contribution is 5.76. The molecule has 0 aliphatic heterocycles. The molecule has 0 bridgehead atoms. The van der Waals surface area contributed by atoms with Crippen molar-refractivity contribution in [3.8, 4) is 0 Å². The number of guanidine groups is 1. The topological polar surface area (TPSA) is 113 Å². The lowest BCUT2D eigenvalue weighted by Crippen LogP contribution is -2.37. The molecule has 1 unspecified atom stereocenters. The Bertz CT molecular complexity index is 984. The van der Waals surface area contributed by atoms with Crippen LogP contribution < -0.4 is 11.5 Å². The molecule has 180 valence electrons. The third-order valence-corrected chi connectivity index (χ3v) is 5.94. The third kappa shape index (κ3) is 8.73. The molecule has 0 saturated carbocycles. The number of nitrogens with two attached hydrogens (primary N) is 2. The Morgan fingerprint density at radius 3 is 2.41 bits per heavy atom. The van der Waals surface area contributed by atoms with Crippen molar-refractivity contribution in [3.05, 3.63) is 90.0 Å². The van der Waals surface area contributed by atoms with Crippen LogP contribution in [0.4, 0.5) is 0 Å². The number of nitrogens with zero attached hydrogens (tertiary/aromatic N) is 3. The predicted molar refractivity (Wildman–Crippen MR) is 137 cm³/mol. The van der Waals surface area contributed by atoms with E-state index >= 15 is 0 Å². The molecule has 7 heteroatoms. The second-order valence-corrected chi connectivity index (χ2v) is 8.58. The van der Waals surface area contributed by atoms with Crippen molar-refractivity contribution in [1.29, 1.82) is 0 Å². The van der Waals surface area contributed by atoms with E-state index in [1.807, 2.05) is 23.2 Å². The Kier molecular flexibility index (Phi) is 10.2. The molecule has 0 aliphatic carbocycles. The first-order valence-corrected chi connectivity index (χ1v) is 12.0. The second-order valence-electron chi connectivity index (χ2n) is 8.58. The van der Waals surface area contributed by atoms with Crippen LogP contribution in [0.5, 0.6) is 0 Å². The second kappa shape index (κ2) is 13.8. The van der Waals surface area contributed by atoms with Gasteiger partial charge in [-0.1, -0.05) is 67.1 Å². The number of H-pyrrole nitrogens is 1. The van der Waals surface area contributed by atoms with Gasteiger partial charge in [-0.15, -0.1) is 0 Å². The van der Waals surface area contributed by atoms with Gasteiger partial charge in [0.2, 0.25) is 5.91 Å². The lowest BCUT2D eigenvalue weighted by molar-refractivity contribution is -0.131. The van der Waals surface area contributed by atoms with Gasteiger partial charge >= 0.3 is 0 Å². The van der Waals surface area contributed by atoms with Gasteiger partial charge in [0.15, 0.2) is 5.96 Å². The summed E-state index contributed by atoms with van der Waals surface area (Å²) in [5.41, 5.74) is 14.3. The SMILES string of the molecule is NC(N)=NCCCCCC(=O)N(CCc1cnc[nH]1)CC(Cc1ccccc1)c1ccccc1. The predicted octanol–water partition coefficient (Wildman–Crippen LogP) is 3.64. The summed E-state index contributed by atoms with van der Waals surface area (Å²) in [5, 5.41) is 0. The van der Waals surface area contributed by atoms with Crippen LogP contribution in [0.2, 0.25) is 0 Å². The molecule has 0 aliphatic rings. The van der Waals surface area contributed by atoms with Gasteiger partial charge in [0.25, 0.3) is 0 Å². The van der Waals surface area contributed by atoms with E-state index in [0.717, 1.165) is 37.8 Å². The fraction of sp³-hybridized carbons (Fsp3) is 0.370. The molecule has 0 spiro atoms. The Labute approximate surface area is 202 Å². The summed E-state index contributed by atoms with van der Waals surface area (Å²) in [5.74, 6) is 0.526. The van der Waals surface area contributed by atoms with E-state index in [1.165, 1.54) is 11.1 Å². The van der Waals surface area contributed by atoms with E-state index in [1.54, 1.807) is 6.33 Å². The molecule has 3 aromatic rings. The number of imidazole rings is 1. The van der Waals surface area contributed by atoms with Gasteiger partial charge in [0.1, 0.15) is 0 Å². The first kappa shape index (κ1) is 25.0. The van der Waals surface area contributed by atoms with Crippen molar-refractivity contribution in [3.63, 3.8) is 0 Å². The minimum absolute atomic E-state index is 0.117. The molecule has 0 saturated heterocycles. The van der Waals surface area contributed by atoms with E-state index in [0.29, 0.717) is 26.1 Å². The maximum atomic E-state index is 13.3. The van der Waals surface area contributed by atoms with Crippen LogP contribution in [0.25, 0.3) is 0 Å². The fourth-order valence-corrected chi connectivity index (χ4v) is 4.10. The Hall–Kier alpha value is -3.61. The molecule has 7 nitrogen and oxygen atoms in total. The summed E-state index contributed by atoms with van der Waals surface area (Å²) in [7, 11) is 0. The lowest BCUT2D eigenvalue weighted by Gasteiger charge is -2.28. The summed E-state index contributed by atoms with van der Waals surface area (Å²) in [6, 6.07) is 21.0. The van der Waals surface area contributed by atoms with Crippen LogP contribution >= 0.6 is 0 Å². The molecule has 34 heavy (non-hydrogen) atoms. The highest BCUT2D eigenvalue weighted by Gasteiger charge is 2.21. The average Bonchev–Trinajstić information content (AvgIpc) is 3.38. The zero-order valence-electron chi connectivity index (χ0n) is 19.8. The number of hydrogen-bond donors (Lipinski definition) is 3. The molecule has 0 fully saturated rings. The first-order chi connectivity index (χ1) is 16.6. The average molecular weight is 461 g/mol. The molecule has 5 N–H and O–H groups in total. The van der Waals surface area contributed by atoms with E-state index < -0.39 is 0 Å². The number of benzene rings is 2. The maximum absolute atomic E-state index is 13.3. The van der Waals surface area contributed by atoms with E-state index in [2.05, 4.69) is 63.5 Å². The van der Waals surface area contributed by atoms with Gasteiger partial charge in [-0.05, 0) is 30.4 Å². The molecule has 2 aromatic carbocycles. The van der Waals surface area contributed by atoms with Gasteiger partial charge < -0.3 is 21.4 Å². The van der Waals surface area contributed by atoms with Crippen LogP contribution in [0.3, 0.4) is 0 Å². The number of aromatic nitrogens is 2. The highest BCUT2D eigenvalue weighted by Crippen LogP contribution is 2.23. The summed E-state index contributed by atoms with van der Waals surface area (Å²) in [6.07, 6.45) is 8.29. The van der Waals surface area contributed by atoms with Crippen molar-refractivity contribution in [2.24, 2.45) is 16.5 Å². The fourth-order valence-electron chi connectivity index (χ4n) is 4.10. The molecule has 1 atom stereocenters. The smallest absolute Gasteiger partial charge is 0.222 e. The van der Waals surface area contributed by atoms with Crippen LogP contribution in [0.15, 0.2) is 78.2 Å². The van der Waals surface area contributed by atoms with E-state index in [9.17, 15) is 4.79 Å². The number of hydrogen-bond acceptors (Lipinski definition) is 3. The summed E-state index contributed by atoms with van der Waals surface area (Å²) >= 11 is 0. The number of aliphatic imine (C=N–C) groups is 1. The van der Waals surface area contributed by atoms with E-state index in [4.69, 9.17) is 11.5 Å². The molecule has 1 heterocycles. The van der Waals surface area contributed by atoms with Crippen LogP contribution in [-0.4, -0.2) is 46.4 Å². The monoisotopic (exact) mass is 460 g/mol. The lowest BCUT2D eigenvalue weighted by atomic mass is 9.91. The minimum Gasteiger partial charge on any atom is -0.370 e. The van der Waals surface area contributed by atoms with Crippen molar-refractivity contribution in [1.82, 2.24) is 14.9 Å². The first-order valence-electron chi connectivity index (χ1n) is 12.0. The Morgan fingerprint density at radius 1 is 1.00 bits per heavy atom. The van der Waals surface area contributed by atoms with Crippen molar-refractivity contribution in [2.45, 2.75) is 44.4 Å². The number of amides is 1. The molecular formula is C27H36N6O. The minimum atomic E-state index is 0.117. The number of rotatable bonds is 14. The summed E-state index contributed by atoms with van der Waals surface area (Å²) in [6.45, 7) is 1.94. The molecule has 0 radical (unpaired) electrons. The highest BCUT2D eigenvalue weighted by atomic mass is 16.2. The van der Waals surface area contributed by atoms with Gasteiger partial charge in [0.05, 0.1) is 6.33 Å². The molecule has 1 aromatic heterocycles. The van der Waals surface area contributed by atoms with Gasteiger partial charge in [-0.25, -0.2) is 4.98 Å². The van der Waals surface area contributed by atoms with E-state index in [-0.39, 0.29) is 17.8 Å². The summed E-state index contributed by atoms with van der Waals surface area (Å²) in [4.78, 5) is 26.6.